The van der Waals surface area contributed by atoms with Crippen LogP contribution in [0.25, 0.3) is 6.08 Å². The van der Waals surface area contributed by atoms with Crippen molar-refractivity contribution in [3.05, 3.63) is 124 Å². The number of thiazole rings is 1. The molecule has 11 nitrogen and oxygen atoms in total. The zero-order valence-electron chi connectivity index (χ0n) is 25.1. The number of aromatic nitrogens is 1. The molecule has 0 N–H and O–H groups in total. The predicted molar refractivity (Wildman–Crippen MR) is 168 cm³/mol. The van der Waals surface area contributed by atoms with Crippen molar-refractivity contribution in [2.45, 2.75) is 33.4 Å². The molecule has 45 heavy (non-hydrogen) atoms. The van der Waals surface area contributed by atoms with E-state index in [1.54, 1.807) is 38.1 Å². The summed E-state index contributed by atoms with van der Waals surface area (Å²) in [5.74, 6) is 0.517. The van der Waals surface area contributed by atoms with Gasteiger partial charge in [0.2, 0.25) is 0 Å². The molecule has 0 bridgehead atoms. The Bertz CT molecular complexity index is 1950. The molecule has 0 aliphatic carbocycles. The minimum absolute atomic E-state index is 0.145. The van der Waals surface area contributed by atoms with Crippen molar-refractivity contribution in [1.29, 1.82) is 0 Å². The van der Waals surface area contributed by atoms with Gasteiger partial charge in [-0.05, 0) is 56.2 Å². The van der Waals surface area contributed by atoms with Gasteiger partial charge >= 0.3 is 5.97 Å². The van der Waals surface area contributed by atoms with Gasteiger partial charge in [0.15, 0.2) is 16.3 Å². The van der Waals surface area contributed by atoms with Crippen molar-refractivity contribution in [3.63, 3.8) is 0 Å². The monoisotopic (exact) mass is 629 g/mol. The molecule has 0 amide bonds. The molecule has 5 rings (SSSR count). The number of carbonyl (C=O) groups is 1. The van der Waals surface area contributed by atoms with E-state index in [2.05, 4.69) is 4.99 Å². The van der Waals surface area contributed by atoms with Crippen LogP contribution in [0.15, 0.2) is 87.8 Å². The van der Waals surface area contributed by atoms with Gasteiger partial charge < -0.3 is 18.9 Å². The van der Waals surface area contributed by atoms with Gasteiger partial charge in [0.1, 0.15) is 12.4 Å². The van der Waals surface area contributed by atoms with E-state index in [1.165, 1.54) is 29.9 Å². The van der Waals surface area contributed by atoms with Crippen LogP contribution in [0.1, 0.15) is 43.5 Å². The maximum absolute atomic E-state index is 14.0. The van der Waals surface area contributed by atoms with E-state index in [1.807, 2.05) is 37.3 Å². The summed E-state index contributed by atoms with van der Waals surface area (Å²) in [6.45, 7) is 6.08. The first-order valence-electron chi connectivity index (χ1n) is 14.2. The molecule has 0 unspecified atom stereocenters. The Labute approximate surface area is 262 Å². The third kappa shape index (κ3) is 6.50. The molecule has 12 heteroatoms. The molecule has 1 aliphatic heterocycles. The van der Waals surface area contributed by atoms with Crippen LogP contribution in [0.2, 0.25) is 0 Å². The number of benzene rings is 3. The number of nitro groups is 1. The molecule has 1 atom stereocenters. The van der Waals surface area contributed by atoms with Crippen LogP contribution < -0.4 is 29.1 Å². The molecule has 0 fully saturated rings. The van der Waals surface area contributed by atoms with Gasteiger partial charge in [0.05, 0.1) is 58.7 Å². The molecule has 2 heterocycles. The number of esters is 1. The molecular weight excluding hydrogens is 598 g/mol. The molecule has 4 aromatic rings. The lowest BCUT2D eigenvalue weighted by molar-refractivity contribution is -0.385. The molecular formula is C33H31N3O8S. The minimum Gasteiger partial charge on any atom is -0.494 e. The Morgan fingerprint density at radius 2 is 1.78 bits per heavy atom. The average molecular weight is 630 g/mol. The summed E-state index contributed by atoms with van der Waals surface area (Å²) >= 11 is 1.07. The van der Waals surface area contributed by atoms with Crippen LogP contribution in [0.5, 0.6) is 17.2 Å². The summed E-state index contributed by atoms with van der Waals surface area (Å²) in [5, 5.41) is 12.2. The Morgan fingerprint density at radius 3 is 2.42 bits per heavy atom. The Balaban J connectivity index is 1.63. The zero-order chi connectivity index (χ0) is 32.1. The van der Waals surface area contributed by atoms with E-state index < -0.39 is 22.5 Å². The summed E-state index contributed by atoms with van der Waals surface area (Å²) in [7, 11) is 1.44. The van der Waals surface area contributed by atoms with Gasteiger partial charge in [0, 0.05) is 0 Å². The van der Waals surface area contributed by atoms with Crippen LogP contribution in [0.4, 0.5) is 5.69 Å². The molecule has 1 aromatic heterocycles. The van der Waals surface area contributed by atoms with Gasteiger partial charge in [-0.3, -0.25) is 19.5 Å². The highest BCUT2D eigenvalue weighted by atomic mass is 32.1. The van der Waals surface area contributed by atoms with Crippen LogP contribution >= 0.6 is 11.3 Å². The standard InChI is InChI=1S/C33H31N3O8S/c1-5-42-24-14-12-22(13-15-24)30-29(32(38)43-6-2)20(3)34-33-35(30)31(37)28(45-33)17-23-16-26(41-4)27(18-25(23)36(39)40)44-19-21-10-8-7-9-11-21/h7-18,30H,5-6,19H2,1-4H3/b28-17-/t30-/m0/s1. The molecule has 0 saturated heterocycles. The van der Waals surface area contributed by atoms with E-state index in [-0.39, 0.29) is 46.1 Å². The van der Waals surface area contributed by atoms with Crippen molar-refractivity contribution in [1.82, 2.24) is 4.57 Å². The number of nitrogens with zero attached hydrogens (tertiary/aromatic N) is 3. The summed E-state index contributed by atoms with van der Waals surface area (Å²) in [4.78, 5) is 43.7. The second-order valence-corrected chi connectivity index (χ2v) is 10.9. The zero-order valence-corrected chi connectivity index (χ0v) is 26.0. The third-order valence-corrected chi connectivity index (χ3v) is 8.04. The van der Waals surface area contributed by atoms with E-state index >= 15 is 0 Å². The van der Waals surface area contributed by atoms with Crippen molar-refractivity contribution in [3.8, 4) is 17.2 Å². The fourth-order valence-electron chi connectivity index (χ4n) is 5.01. The first-order chi connectivity index (χ1) is 21.7. The van der Waals surface area contributed by atoms with Crippen molar-refractivity contribution in [2.75, 3.05) is 20.3 Å². The molecule has 0 radical (unpaired) electrons. The number of hydrogen-bond donors (Lipinski definition) is 0. The number of ether oxygens (including phenoxy) is 4. The Morgan fingerprint density at radius 1 is 1.04 bits per heavy atom. The molecule has 0 saturated carbocycles. The topological polar surface area (TPSA) is 131 Å². The van der Waals surface area contributed by atoms with Gasteiger partial charge in [-0.25, -0.2) is 9.79 Å². The first kappa shape index (κ1) is 31.2. The number of allylic oxidation sites excluding steroid dienone is 1. The van der Waals surface area contributed by atoms with E-state index in [0.717, 1.165) is 16.9 Å². The lowest BCUT2D eigenvalue weighted by Gasteiger charge is -2.24. The van der Waals surface area contributed by atoms with E-state index in [0.29, 0.717) is 28.4 Å². The number of fused-ring (bicyclic) bond motifs is 1. The fourth-order valence-corrected chi connectivity index (χ4v) is 6.04. The van der Waals surface area contributed by atoms with E-state index in [4.69, 9.17) is 18.9 Å². The predicted octanol–water partition coefficient (Wildman–Crippen LogP) is 4.69. The quantitative estimate of drug-likeness (QED) is 0.133. The second kappa shape index (κ2) is 13.6. The fraction of sp³-hybridized carbons (Fsp3) is 0.242. The summed E-state index contributed by atoms with van der Waals surface area (Å²) in [5.41, 5.74) is 1.58. The van der Waals surface area contributed by atoms with Gasteiger partial charge in [-0.1, -0.05) is 53.8 Å². The molecule has 3 aromatic carbocycles. The Hall–Kier alpha value is -5.23. The first-order valence-corrected chi connectivity index (χ1v) is 15.0. The number of carbonyl (C=O) groups excluding carboxylic acids is 1. The average Bonchev–Trinajstić information content (AvgIpc) is 3.34. The minimum atomic E-state index is -0.837. The number of nitro benzene ring substituents is 1. The lowest BCUT2D eigenvalue weighted by atomic mass is 9.96. The van der Waals surface area contributed by atoms with Crippen LogP contribution in [0, 0.1) is 10.1 Å². The summed E-state index contributed by atoms with van der Waals surface area (Å²) < 4.78 is 23.9. The summed E-state index contributed by atoms with van der Waals surface area (Å²) in [6, 6.07) is 18.4. The third-order valence-electron chi connectivity index (χ3n) is 7.06. The highest BCUT2D eigenvalue weighted by molar-refractivity contribution is 7.07. The lowest BCUT2D eigenvalue weighted by Crippen LogP contribution is -2.39. The highest BCUT2D eigenvalue weighted by Gasteiger charge is 2.33. The Kier molecular flexibility index (Phi) is 9.43. The maximum Gasteiger partial charge on any atom is 0.338 e. The maximum atomic E-state index is 14.0. The van der Waals surface area contributed by atoms with Gasteiger partial charge in [-0.15, -0.1) is 0 Å². The van der Waals surface area contributed by atoms with Crippen LogP contribution in [-0.4, -0.2) is 35.8 Å². The van der Waals surface area contributed by atoms with Crippen LogP contribution in [-0.2, 0) is 16.1 Å². The van der Waals surface area contributed by atoms with Gasteiger partial charge in [-0.2, -0.15) is 0 Å². The molecule has 232 valence electrons. The highest BCUT2D eigenvalue weighted by Crippen LogP contribution is 2.36. The SMILES string of the molecule is CCOC(=O)C1=C(C)N=c2s/c(=C\c3cc(OC)c(OCc4ccccc4)cc3[N+](=O)[O-])c(=O)n2[C@H]1c1ccc(OCC)cc1. The number of rotatable bonds is 11. The second-order valence-electron chi connectivity index (χ2n) is 9.90. The van der Waals surface area contributed by atoms with Crippen molar-refractivity contribution in [2.24, 2.45) is 4.99 Å². The van der Waals surface area contributed by atoms with Crippen molar-refractivity contribution < 1.29 is 28.7 Å². The van der Waals surface area contributed by atoms with Crippen LogP contribution in [0.3, 0.4) is 0 Å². The van der Waals surface area contributed by atoms with Crippen molar-refractivity contribution >= 4 is 29.1 Å². The molecule has 1 aliphatic rings. The molecule has 0 spiro atoms. The normalized spacial score (nSPS) is 14.4. The number of methoxy groups -OCH3 is 1. The largest absolute Gasteiger partial charge is 0.494 e. The van der Waals surface area contributed by atoms with E-state index in [9.17, 15) is 19.7 Å². The van der Waals surface area contributed by atoms with Gasteiger partial charge in [0.25, 0.3) is 11.2 Å². The summed E-state index contributed by atoms with van der Waals surface area (Å²) in [6.07, 6.45) is 1.43. The smallest absolute Gasteiger partial charge is 0.338 e. The number of hydrogen-bond acceptors (Lipinski definition) is 10.